The Morgan fingerprint density at radius 1 is 1.15 bits per heavy atom. The van der Waals surface area contributed by atoms with Gasteiger partial charge in [-0.3, -0.25) is 14.4 Å². The van der Waals surface area contributed by atoms with Crippen molar-refractivity contribution in [1.29, 1.82) is 0 Å². The Hall–Kier alpha value is -1.69. The van der Waals surface area contributed by atoms with Crippen molar-refractivity contribution in [2.24, 2.45) is 35.3 Å². The number of imide groups is 1. The van der Waals surface area contributed by atoms with Gasteiger partial charge in [-0.15, -0.1) is 11.3 Å². The van der Waals surface area contributed by atoms with Crippen LogP contribution in [0, 0.1) is 29.6 Å². The van der Waals surface area contributed by atoms with E-state index in [1.54, 1.807) is 0 Å². The molecule has 3 fully saturated rings. The summed E-state index contributed by atoms with van der Waals surface area (Å²) in [6, 6.07) is 0. The molecule has 2 saturated carbocycles. The van der Waals surface area contributed by atoms with E-state index in [2.05, 4.69) is 6.92 Å². The minimum Gasteiger partial charge on any atom is -0.365 e. The highest BCUT2D eigenvalue weighted by molar-refractivity contribution is 7.17. The first-order valence-corrected chi connectivity index (χ1v) is 10.6. The fourth-order valence-corrected chi connectivity index (χ4v) is 7.49. The van der Waals surface area contributed by atoms with Gasteiger partial charge in [-0.2, -0.15) is 0 Å². The summed E-state index contributed by atoms with van der Waals surface area (Å²) in [5.74, 6) is 0.308. The zero-order chi connectivity index (χ0) is 18.2. The SMILES string of the molecule is CC[C@@H]1CCc2c(sc(N3C(=O)[C@@H]4[C@@H]5CC[C@@H](C5)[C@@H]4C3=O)c2C(N)=O)C1. The van der Waals surface area contributed by atoms with Crippen LogP contribution >= 0.6 is 11.3 Å². The van der Waals surface area contributed by atoms with Crippen LogP contribution in [0.2, 0.25) is 0 Å². The van der Waals surface area contributed by atoms with Crippen molar-refractivity contribution in [3.8, 4) is 0 Å². The monoisotopic (exact) mass is 372 g/mol. The molecule has 5 atom stereocenters. The average molecular weight is 372 g/mol. The lowest BCUT2D eigenvalue weighted by atomic mass is 9.81. The van der Waals surface area contributed by atoms with E-state index in [0.717, 1.165) is 55.4 Å². The van der Waals surface area contributed by atoms with Crippen molar-refractivity contribution in [1.82, 2.24) is 0 Å². The molecule has 0 unspecified atom stereocenters. The van der Waals surface area contributed by atoms with Crippen LogP contribution in [-0.2, 0) is 22.4 Å². The number of amides is 3. The summed E-state index contributed by atoms with van der Waals surface area (Å²) in [4.78, 5) is 41.1. The van der Waals surface area contributed by atoms with E-state index in [1.165, 1.54) is 16.2 Å². The topological polar surface area (TPSA) is 80.5 Å². The highest BCUT2D eigenvalue weighted by atomic mass is 32.1. The number of primary amides is 1. The van der Waals surface area contributed by atoms with E-state index in [-0.39, 0.29) is 23.7 Å². The number of hydrogen-bond acceptors (Lipinski definition) is 4. The lowest BCUT2D eigenvalue weighted by Gasteiger charge is -2.20. The van der Waals surface area contributed by atoms with Crippen molar-refractivity contribution in [3.63, 3.8) is 0 Å². The number of carbonyl (C=O) groups excluding carboxylic acids is 3. The second-order valence-corrected chi connectivity index (χ2v) is 9.55. The Balaban J connectivity index is 1.58. The molecule has 1 aliphatic heterocycles. The predicted octanol–water partition coefficient (Wildman–Crippen LogP) is 2.90. The van der Waals surface area contributed by atoms with Gasteiger partial charge in [0.15, 0.2) is 0 Å². The van der Waals surface area contributed by atoms with Gasteiger partial charge in [0.25, 0.3) is 5.91 Å². The van der Waals surface area contributed by atoms with Gasteiger partial charge in [0, 0.05) is 4.88 Å². The van der Waals surface area contributed by atoms with E-state index < -0.39 is 5.91 Å². The number of nitrogens with zero attached hydrogens (tertiary/aromatic N) is 1. The summed E-state index contributed by atoms with van der Waals surface area (Å²) in [7, 11) is 0. The van der Waals surface area contributed by atoms with Gasteiger partial charge < -0.3 is 5.73 Å². The number of hydrogen-bond donors (Lipinski definition) is 1. The highest BCUT2D eigenvalue weighted by Crippen LogP contribution is 2.57. The standard InChI is InChI=1S/C20H24N2O3S/c1-2-9-3-6-12-13(7-9)26-20(16(12)17(21)23)22-18(24)14-10-4-5-11(8-10)15(14)19(22)25/h9-11,14-15H,2-8H2,1H3,(H2,21,23)/t9-,10-,11+,14-,15+/m1/s1. The van der Waals surface area contributed by atoms with Gasteiger partial charge in [0.05, 0.1) is 17.4 Å². The summed E-state index contributed by atoms with van der Waals surface area (Å²) >= 11 is 1.46. The molecule has 2 bridgehead atoms. The largest absolute Gasteiger partial charge is 0.365 e. The molecular weight excluding hydrogens is 348 g/mol. The zero-order valence-corrected chi connectivity index (χ0v) is 15.8. The second kappa shape index (κ2) is 5.65. The Kier molecular flexibility index (Phi) is 3.58. The lowest BCUT2D eigenvalue weighted by Crippen LogP contribution is -2.33. The first-order valence-electron chi connectivity index (χ1n) is 9.83. The summed E-state index contributed by atoms with van der Waals surface area (Å²) in [6.07, 6.45) is 7.01. The van der Waals surface area contributed by atoms with Crippen LogP contribution in [0.1, 0.15) is 59.8 Å². The first kappa shape index (κ1) is 16.5. The van der Waals surface area contributed by atoms with Gasteiger partial charge in [0.2, 0.25) is 11.8 Å². The van der Waals surface area contributed by atoms with E-state index in [0.29, 0.717) is 28.3 Å². The molecule has 4 aliphatic rings. The van der Waals surface area contributed by atoms with Crippen LogP contribution in [0.5, 0.6) is 0 Å². The maximum atomic E-state index is 13.2. The number of carbonyl (C=O) groups is 3. The molecule has 5 nitrogen and oxygen atoms in total. The molecule has 138 valence electrons. The summed E-state index contributed by atoms with van der Waals surface area (Å²) < 4.78 is 0. The molecule has 5 rings (SSSR count). The minimum atomic E-state index is -0.506. The van der Waals surface area contributed by atoms with Gasteiger partial charge in [0.1, 0.15) is 5.00 Å². The molecular formula is C20H24N2O3S. The summed E-state index contributed by atoms with van der Waals surface area (Å²) in [5.41, 5.74) is 7.14. The Morgan fingerprint density at radius 3 is 2.38 bits per heavy atom. The first-order chi connectivity index (χ1) is 12.5. The minimum absolute atomic E-state index is 0.0830. The summed E-state index contributed by atoms with van der Waals surface area (Å²) in [5, 5.41) is 0.517. The van der Waals surface area contributed by atoms with Crippen LogP contribution in [0.25, 0.3) is 0 Å². The molecule has 3 aliphatic carbocycles. The smallest absolute Gasteiger partial charge is 0.252 e. The van der Waals surface area contributed by atoms with Crippen LogP contribution in [0.4, 0.5) is 5.00 Å². The molecule has 3 amide bonds. The predicted molar refractivity (Wildman–Crippen MR) is 98.9 cm³/mol. The van der Waals surface area contributed by atoms with Crippen LogP contribution in [-0.4, -0.2) is 17.7 Å². The van der Waals surface area contributed by atoms with Crippen LogP contribution < -0.4 is 10.6 Å². The molecule has 1 saturated heterocycles. The quantitative estimate of drug-likeness (QED) is 0.829. The van der Waals surface area contributed by atoms with E-state index >= 15 is 0 Å². The number of rotatable bonds is 3. The van der Waals surface area contributed by atoms with Crippen molar-refractivity contribution < 1.29 is 14.4 Å². The molecule has 0 aromatic carbocycles. The lowest BCUT2D eigenvalue weighted by molar-refractivity contribution is -0.123. The number of thiophene rings is 1. The molecule has 2 N–H and O–H groups in total. The van der Waals surface area contributed by atoms with Gasteiger partial charge >= 0.3 is 0 Å². The average Bonchev–Trinajstić information content (AvgIpc) is 3.35. The second-order valence-electron chi connectivity index (χ2n) is 8.46. The number of anilines is 1. The van der Waals surface area contributed by atoms with Crippen LogP contribution in [0.15, 0.2) is 0 Å². The van der Waals surface area contributed by atoms with Crippen LogP contribution in [0.3, 0.4) is 0 Å². The number of nitrogens with two attached hydrogens (primary N) is 1. The highest BCUT2D eigenvalue weighted by Gasteiger charge is 2.61. The molecule has 0 spiro atoms. The number of fused-ring (bicyclic) bond motifs is 6. The summed E-state index contributed by atoms with van der Waals surface area (Å²) in [6.45, 7) is 2.18. The van der Waals surface area contributed by atoms with E-state index in [9.17, 15) is 14.4 Å². The Morgan fingerprint density at radius 2 is 1.81 bits per heavy atom. The zero-order valence-electron chi connectivity index (χ0n) is 15.0. The maximum absolute atomic E-state index is 13.2. The van der Waals surface area contributed by atoms with E-state index in [4.69, 9.17) is 5.73 Å². The fraction of sp³-hybridized carbons (Fsp3) is 0.650. The molecule has 0 radical (unpaired) electrons. The molecule has 6 heteroatoms. The van der Waals surface area contributed by atoms with E-state index in [1.807, 2.05) is 0 Å². The maximum Gasteiger partial charge on any atom is 0.252 e. The molecule has 1 aromatic heterocycles. The Labute approximate surface area is 156 Å². The van der Waals surface area contributed by atoms with Crippen molar-refractivity contribution in [2.45, 2.75) is 51.9 Å². The van der Waals surface area contributed by atoms with Gasteiger partial charge in [-0.05, 0) is 61.8 Å². The van der Waals surface area contributed by atoms with Crippen molar-refractivity contribution in [2.75, 3.05) is 4.90 Å². The van der Waals surface area contributed by atoms with Crippen molar-refractivity contribution in [3.05, 3.63) is 16.0 Å². The third-order valence-electron chi connectivity index (χ3n) is 7.30. The van der Waals surface area contributed by atoms with Gasteiger partial charge in [-0.25, -0.2) is 4.90 Å². The molecule has 2 heterocycles. The third kappa shape index (κ3) is 2.05. The normalized spacial score (nSPS) is 35.1. The fourth-order valence-electron chi connectivity index (χ4n) is 6.01. The third-order valence-corrected chi connectivity index (χ3v) is 8.54. The van der Waals surface area contributed by atoms with Gasteiger partial charge in [-0.1, -0.05) is 13.3 Å². The van der Waals surface area contributed by atoms with Crippen molar-refractivity contribution >= 4 is 34.1 Å². The Bertz CT molecular complexity index is 801. The molecule has 1 aromatic rings. The molecule has 26 heavy (non-hydrogen) atoms.